The minimum atomic E-state index is -0.769. The number of aliphatic hydroxyl groups is 2. The number of hydrogen-bond acceptors (Lipinski definition) is 12. The quantitative estimate of drug-likeness (QED) is 0.385. The normalized spacial score (nSPS) is 29.8. The van der Waals surface area contributed by atoms with Gasteiger partial charge in [0.15, 0.2) is 11.6 Å². The third-order valence-electron chi connectivity index (χ3n) is 7.64. The highest BCUT2D eigenvalue weighted by Gasteiger charge is 2.51. The van der Waals surface area contributed by atoms with Gasteiger partial charge in [-0.15, -0.1) is 0 Å². The van der Waals surface area contributed by atoms with Crippen molar-refractivity contribution in [1.29, 1.82) is 0 Å². The van der Waals surface area contributed by atoms with Gasteiger partial charge >= 0.3 is 12.2 Å². The van der Waals surface area contributed by atoms with Gasteiger partial charge in [-0.1, -0.05) is 0 Å². The maximum absolute atomic E-state index is 12.4. The second-order valence-corrected chi connectivity index (χ2v) is 13.6. The van der Waals surface area contributed by atoms with Crippen LogP contribution in [0.3, 0.4) is 0 Å². The molecule has 0 saturated carbocycles. The molecule has 246 valence electrons. The van der Waals surface area contributed by atoms with E-state index < -0.39 is 60.3 Å². The number of rotatable bonds is 4. The molecule has 0 bridgehead atoms. The number of amides is 2. The number of nitrogens with zero attached hydrogens (tertiary/aromatic N) is 3. The molecule has 2 amide bonds. The molecule has 0 spiro atoms. The summed E-state index contributed by atoms with van der Waals surface area (Å²) in [7, 11) is 1.99. The Bertz CT molecular complexity index is 997. The molecular weight excluding hydrogens is 564 g/mol. The molecule has 0 aliphatic carbocycles. The number of nitrogens with one attached hydrogen (secondary N) is 1. The molecular formula is C29H50N4O10. The first-order chi connectivity index (χ1) is 20.1. The average molecular weight is 615 g/mol. The van der Waals surface area contributed by atoms with Crippen molar-refractivity contribution in [1.82, 2.24) is 20.0 Å². The first kappa shape index (κ1) is 35.1. The highest BCUT2D eigenvalue weighted by molar-refractivity contribution is 5.90. The van der Waals surface area contributed by atoms with Gasteiger partial charge in [0, 0.05) is 51.1 Å². The van der Waals surface area contributed by atoms with Crippen LogP contribution in [0.15, 0.2) is 0 Å². The van der Waals surface area contributed by atoms with Crippen LogP contribution >= 0.6 is 0 Å². The SMILES string of the molecule is CC(C)(C)OC(=O)N1C[C@@H]2CNCCO[C@H]2[C@H]1C(=O)CO.CN1CCO[C@@H]2[C@@H](C1)CN(C(=O)OC(C)(C)C)[C@@H]2C(=O)CO. The van der Waals surface area contributed by atoms with Crippen molar-refractivity contribution in [2.24, 2.45) is 11.8 Å². The highest BCUT2D eigenvalue weighted by atomic mass is 16.6. The van der Waals surface area contributed by atoms with Gasteiger partial charge in [-0.2, -0.15) is 0 Å². The Morgan fingerprint density at radius 3 is 1.72 bits per heavy atom. The highest BCUT2D eigenvalue weighted by Crippen LogP contribution is 2.32. The van der Waals surface area contributed by atoms with Crippen molar-refractivity contribution in [2.75, 3.05) is 72.7 Å². The Balaban J connectivity index is 0.000000236. The van der Waals surface area contributed by atoms with Gasteiger partial charge in [0.05, 0.1) is 25.4 Å². The van der Waals surface area contributed by atoms with E-state index in [9.17, 15) is 29.4 Å². The molecule has 14 nitrogen and oxygen atoms in total. The van der Waals surface area contributed by atoms with E-state index in [2.05, 4.69) is 10.2 Å². The second kappa shape index (κ2) is 14.6. The van der Waals surface area contributed by atoms with Crippen LogP contribution in [0.25, 0.3) is 0 Å². The molecule has 0 radical (unpaired) electrons. The lowest BCUT2D eigenvalue weighted by Gasteiger charge is -2.29. The van der Waals surface area contributed by atoms with Crippen LogP contribution in [-0.4, -0.2) is 157 Å². The van der Waals surface area contributed by atoms with E-state index in [4.69, 9.17) is 18.9 Å². The standard InChI is InChI=1S/C15H26N2O5.C14H24N2O5/c1-15(2,3)22-14(20)17-8-10-7-16(4)5-6-21-13(10)12(17)11(19)9-18;1-14(2,3)21-13(19)16-7-9-6-15-4-5-20-12(9)11(16)10(18)8-17/h10,12-13,18H,5-9H2,1-4H3;9,11-12,15,17H,4-8H2,1-3H3/t10-,12+,13+;9-,11+,12+/m00/s1. The van der Waals surface area contributed by atoms with Crippen molar-refractivity contribution < 1.29 is 48.3 Å². The first-order valence-electron chi connectivity index (χ1n) is 14.9. The summed E-state index contributed by atoms with van der Waals surface area (Å²) in [6, 6.07) is -1.54. The first-order valence-corrected chi connectivity index (χ1v) is 14.9. The predicted octanol–water partition coefficient (Wildman–Crippen LogP) is -0.114. The molecule has 4 fully saturated rings. The number of likely N-dealkylation sites (N-methyl/N-ethyl adjacent to an activating group) is 1. The monoisotopic (exact) mass is 614 g/mol. The third kappa shape index (κ3) is 9.32. The molecule has 4 saturated heterocycles. The molecule has 4 aliphatic rings. The fourth-order valence-electron chi connectivity index (χ4n) is 5.92. The molecule has 6 atom stereocenters. The number of hydrogen-bond donors (Lipinski definition) is 3. The summed E-state index contributed by atoms with van der Waals surface area (Å²) in [6.07, 6.45) is -1.83. The largest absolute Gasteiger partial charge is 0.444 e. The number of carbonyl (C=O) groups excluding carboxylic acids is 4. The number of carbonyl (C=O) groups is 4. The van der Waals surface area contributed by atoms with Crippen LogP contribution in [0, 0.1) is 11.8 Å². The Morgan fingerprint density at radius 2 is 1.23 bits per heavy atom. The molecule has 43 heavy (non-hydrogen) atoms. The van der Waals surface area contributed by atoms with E-state index in [-0.39, 0.29) is 24.0 Å². The van der Waals surface area contributed by atoms with Crippen LogP contribution in [0.1, 0.15) is 41.5 Å². The zero-order valence-electron chi connectivity index (χ0n) is 26.5. The van der Waals surface area contributed by atoms with Crippen LogP contribution in [-0.2, 0) is 28.5 Å². The Hall–Kier alpha value is -2.36. The Morgan fingerprint density at radius 1 is 0.767 bits per heavy atom. The van der Waals surface area contributed by atoms with Crippen LogP contribution in [0.4, 0.5) is 9.59 Å². The summed E-state index contributed by atoms with van der Waals surface area (Å²) in [5.41, 5.74) is -1.26. The molecule has 0 aromatic carbocycles. The summed E-state index contributed by atoms with van der Waals surface area (Å²) < 4.78 is 22.3. The van der Waals surface area contributed by atoms with E-state index in [1.54, 1.807) is 41.5 Å². The van der Waals surface area contributed by atoms with Gasteiger partial charge in [-0.25, -0.2) is 9.59 Å². The third-order valence-corrected chi connectivity index (χ3v) is 7.64. The number of aliphatic hydroxyl groups excluding tert-OH is 2. The van der Waals surface area contributed by atoms with Gasteiger partial charge in [0.2, 0.25) is 0 Å². The van der Waals surface area contributed by atoms with Crippen molar-refractivity contribution >= 4 is 23.8 Å². The van der Waals surface area contributed by atoms with E-state index in [0.29, 0.717) is 32.8 Å². The van der Waals surface area contributed by atoms with Gasteiger partial charge in [0.25, 0.3) is 0 Å². The van der Waals surface area contributed by atoms with Crippen LogP contribution in [0.5, 0.6) is 0 Å². The van der Waals surface area contributed by atoms with Crippen LogP contribution in [0.2, 0.25) is 0 Å². The summed E-state index contributed by atoms with van der Waals surface area (Å²) in [6.45, 7) is 14.2. The zero-order valence-corrected chi connectivity index (χ0v) is 26.5. The number of fused-ring (bicyclic) bond motifs is 2. The average Bonchev–Trinajstić information content (AvgIpc) is 3.27. The van der Waals surface area contributed by atoms with Crippen molar-refractivity contribution in [3.63, 3.8) is 0 Å². The van der Waals surface area contributed by atoms with Crippen molar-refractivity contribution in [3.8, 4) is 0 Å². The van der Waals surface area contributed by atoms with Crippen molar-refractivity contribution in [3.05, 3.63) is 0 Å². The minimum Gasteiger partial charge on any atom is -0.444 e. The smallest absolute Gasteiger partial charge is 0.411 e. The maximum Gasteiger partial charge on any atom is 0.411 e. The van der Waals surface area contributed by atoms with Gasteiger partial charge < -0.3 is 39.4 Å². The summed E-state index contributed by atoms with van der Waals surface area (Å²) in [5, 5.41) is 21.7. The fourth-order valence-corrected chi connectivity index (χ4v) is 5.92. The van der Waals surface area contributed by atoms with E-state index >= 15 is 0 Å². The van der Waals surface area contributed by atoms with E-state index in [1.807, 2.05) is 7.05 Å². The Labute approximate surface area is 253 Å². The Kier molecular flexibility index (Phi) is 11.9. The molecule has 0 aromatic heterocycles. The topological polar surface area (TPSA) is 167 Å². The number of Topliss-reactive ketones (excluding diaryl/α,β-unsaturated/α-hetero) is 2. The van der Waals surface area contributed by atoms with Gasteiger partial charge in [0.1, 0.15) is 36.5 Å². The number of ketones is 2. The maximum atomic E-state index is 12.4. The summed E-state index contributed by atoms with van der Waals surface area (Å²) in [4.78, 5) is 53.9. The lowest BCUT2D eigenvalue weighted by molar-refractivity contribution is -0.130. The second-order valence-electron chi connectivity index (χ2n) is 13.6. The van der Waals surface area contributed by atoms with E-state index in [1.165, 1.54) is 9.80 Å². The summed E-state index contributed by atoms with van der Waals surface area (Å²) >= 11 is 0. The summed E-state index contributed by atoms with van der Waals surface area (Å²) in [5.74, 6) is -0.737. The lowest BCUT2D eigenvalue weighted by atomic mass is 9.99. The predicted molar refractivity (Wildman–Crippen MR) is 154 cm³/mol. The number of ether oxygens (including phenoxy) is 4. The zero-order chi connectivity index (χ0) is 32.1. The number of likely N-dealkylation sites (tertiary alicyclic amines) is 2. The van der Waals surface area contributed by atoms with E-state index in [0.717, 1.165) is 19.6 Å². The molecule has 4 aliphatic heterocycles. The van der Waals surface area contributed by atoms with Crippen LogP contribution < -0.4 is 5.32 Å². The fraction of sp³-hybridized carbons (Fsp3) is 0.862. The molecule has 4 rings (SSSR count). The minimum absolute atomic E-state index is 0.0283. The molecule has 14 heteroatoms. The molecule has 4 heterocycles. The molecule has 0 unspecified atom stereocenters. The molecule has 0 aromatic rings. The van der Waals surface area contributed by atoms with Gasteiger partial charge in [-0.3, -0.25) is 19.4 Å². The van der Waals surface area contributed by atoms with Crippen molar-refractivity contribution in [2.45, 2.75) is 77.0 Å². The molecule has 3 N–H and O–H groups in total. The van der Waals surface area contributed by atoms with Gasteiger partial charge in [-0.05, 0) is 48.6 Å². The lowest BCUT2D eigenvalue weighted by Crippen LogP contribution is -2.48.